The highest BCUT2D eigenvalue weighted by Gasteiger charge is 2.65. The van der Waals surface area contributed by atoms with Gasteiger partial charge in [-0.15, -0.1) is 0 Å². The molecule has 0 aromatic heterocycles. The number of likely N-dealkylation sites (tertiary alicyclic amines) is 1. The van der Waals surface area contributed by atoms with Crippen LogP contribution in [0.15, 0.2) is 84.6 Å². The summed E-state index contributed by atoms with van der Waals surface area (Å²) in [5.41, 5.74) is 4.24. The van der Waals surface area contributed by atoms with E-state index in [9.17, 15) is 5.26 Å². The number of piperidine rings is 1. The molecule has 1 amide bonds. The summed E-state index contributed by atoms with van der Waals surface area (Å²) in [5, 5.41) is 11.1. The Bertz CT molecular complexity index is 1430. The number of nitrogens with zero attached hydrogens (tertiary/aromatic N) is 2. The van der Waals surface area contributed by atoms with E-state index >= 15 is 4.79 Å². The number of nitriles is 1. The van der Waals surface area contributed by atoms with Crippen LogP contribution in [0.25, 0.3) is 0 Å². The maximum Gasteiger partial charge on any atom is 0.241 e. The predicted molar refractivity (Wildman–Crippen MR) is 138 cm³/mol. The number of carbonyl (C=O) groups excluding carboxylic acids is 1. The minimum Gasteiger partial charge on any atom is -0.500 e. The van der Waals surface area contributed by atoms with Crippen molar-refractivity contribution in [1.29, 1.82) is 5.26 Å². The Hall–Kier alpha value is -3.84. The molecule has 2 atom stereocenters. The Morgan fingerprint density at radius 2 is 1.42 bits per heavy atom. The molecule has 3 aromatic carbocycles. The number of carbonyl (C=O) groups is 1. The van der Waals surface area contributed by atoms with E-state index in [1.54, 1.807) is 7.11 Å². The summed E-state index contributed by atoms with van der Waals surface area (Å²) in [6.45, 7) is 1.53. The van der Waals surface area contributed by atoms with Crippen molar-refractivity contribution in [3.63, 3.8) is 0 Å². The van der Waals surface area contributed by atoms with Gasteiger partial charge in [-0.3, -0.25) is 4.79 Å². The van der Waals surface area contributed by atoms with Gasteiger partial charge in [-0.25, -0.2) is 0 Å². The Morgan fingerprint density at radius 1 is 0.861 bits per heavy atom. The quantitative estimate of drug-likeness (QED) is 0.493. The van der Waals surface area contributed by atoms with Gasteiger partial charge in [0.15, 0.2) is 0 Å². The highest BCUT2D eigenvalue weighted by Crippen LogP contribution is 2.66. The number of amides is 1. The lowest BCUT2D eigenvalue weighted by molar-refractivity contribution is -0.139. The molecule has 5 aliphatic rings. The van der Waals surface area contributed by atoms with Crippen LogP contribution < -0.4 is 0 Å². The summed E-state index contributed by atoms with van der Waals surface area (Å²) in [4.78, 5) is 17.1. The van der Waals surface area contributed by atoms with E-state index < -0.39 is 10.8 Å². The molecule has 1 aliphatic heterocycles. The Kier molecular flexibility index (Phi) is 4.51. The number of benzene rings is 3. The van der Waals surface area contributed by atoms with Crippen molar-refractivity contribution >= 4 is 5.91 Å². The molecule has 178 valence electrons. The lowest BCUT2D eigenvalue weighted by Crippen LogP contribution is -2.59. The van der Waals surface area contributed by atoms with Crippen molar-refractivity contribution < 1.29 is 9.53 Å². The molecule has 0 saturated carbocycles. The van der Waals surface area contributed by atoms with Crippen molar-refractivity contribution in [2.24, 2.45) is 0 Å². The fraction of sp³-hybridized carbons (Fsp3) is 0.312. The van der Waals surface area contributed by atoms with Crippen molar-refractivity contribution in [2.75, 3.05) is 20.2 Å². The van der Waals surface area contributed by atoms with Crippen LogP contribution in [0.1, 0.15) is 64.5 Å². The van der Waals surface area contributed by atoms with Crippen LogP contribution in [0.3, 0.4) is 0 Å². The fourth-order valence-corrected chi connectivity index (χ4v) is 7.73. The summed E-state index contributed by atoms with van der Waals surface area (Å²) in [5.74, 6) is 0.214. The monoisotopic (exact) mass is 472 g/mol. The first kappa shape index (κ1) is 21.4. The third kappa shape index (κ3) is 2.36. The van der Waals surface area contributed by atoms with Crippen molar-refractivity contribution in [3.05, 3.63) is 118 Å². The van der Waals surface area contributed by atoms with E-state index in [-0.39, 0.29) is 17.7 Å². The number of hydrogen-bond donors (Lipinski definition) is 0. The predicted octanol–water partition coefficient (Wildman–Crippen LogP) is 5.53. The average molecular weight is 473 g/mol. The number of methoxy groups -OCH3 is 1. The van der Waals surface area contributed by atoms with Crippen LogP contribution in [0.5, 0.6) is 0 Å². The van der Waals surface area contributed by atoms with E-state index in [4.69, 9.17) is 4.74 Å². The maximum atomic E-state index is 15.0. The highest BCUT2D eigenvalue weighted by molar-refractivity contribution is 5.96. The largest absolute Gasteiger partial charge is 0.500 e. The topological polar surface area (TPSA) is 53.3 Å². The Balaban J connectivity index is 1.68. The molecular weight excluding hydrogens is 444 g/mol. The second kappa shape index (κ2) is 7.58. The van der Waals surface area contributed by atoms with E-state index in [0.29, 0.717) is 5.76 Å². The Labute approximate surface area is 211 Å². The molecule has 0 unspecified atom stereocenters. The van der Waals surface area contributed by atoms with Gasteiger partial charge in [0.05, 0.1) is 13.2 Å². The van der Waals surface area contributed by atoms with Crippen LogP contribution >= 0.6 is 0 Å². The van der Waals surface area contributed by atoms with Crippen LogP contribution in [0, 0.1) is 11.3 Å². The summed E-state index contributed by atoms with van der Waals surface area (Å²) < 4.78 is 6.21. The molecule has 4 nitrogen and oxygen atoms in total. The first-order valence-electron chi connectivity index (χ1n) is 12.9. The second-order valence-corrected chi connectivity index (χ2v) is 10.5. The van der Waals surface area contributed by atoms with Gasteiger partial charge in [0.25, 0.3) is 0 Å². The van der Waals surface area contributed by atoms with Gasteiger partial charge in [-0.05, 0) is 58.7 Å². The van der Waals surface area contributed by atoms with Gasteiger partial charge in [-0.1, -0.05) is 72.8 Å². The molecule has 0 radical (unpaired) electrons. The summed E-state index contributed by atoms with van der Waals surface area (Å²) >= 11 is 0. The number of rotatable bonds is 2. The van der Waals surface area contributed by atoms with Crippen molar-refractivity contribution in [3.8, 4) is 6.07 Å². The molecular formula is C32H28N2O2. The molecule has 1 heterocycles. The summed E-state index contributed by atoms with van der Waals surface area (Å²) in [7, 11) is 1.68. The molecule has 1 fully saturated rings. The molecule has 4 heteroatoms. The molecule has 4 bridgehead atoms. The van der Waals surface area contributed by atoms with Crippen molar-refractivity contribution in [1.82, 2.24) is 4.90 Å². The highest BCUT2D eigenvalue weighted by atomic mass is 16.5. The standard InChI is InChI=1S/C32H28N2O2/c1-36-28-19-27-21-11-3-8-16-26(21)32(28,30(35)34-17-9-2-10-18-34)29-22-12-4-6-14-24(22)31(27,20-33)25-15-7-5-13-23(25)29/h3-8,11-16,19,27,29H,2,9-10,17-18H2,1H3/t27-,29?,31?,32+/m0/s1. The molecule has 0 spiro atoms. The minimum absolute atomic E-state index is 0.113. The third-order valence-electron chi connectivity index (χ3n) is 9.10. The lowest BCUT2D eigenvalue weighted by Gasteiger charge is -2.56. The molecule has 8 rings (SSSR count). The number of hydrogen-bond acceptors (Lipinski definition) is 3. The van der Waals surface area contributed by atoms with E-state index in [1.165, 1.54) is 0 Å². The average Bonchev–Trinajstić information content (AvgIpc) is 2.94. The van der Waals surface area contributed by atoms with Crippen molar-refractivity contribution in [2.45, 2.75) is 41.9 Å². The molecule has 0 N–H and O–H groups in total. The van der Waals surface area contributed by atoms with Crippen LogP contribution in [-0.2, 0) is 20.4 Å². The molecule has 36 heavy (non-hydrogen) atoms. The fourth-order valence-electron chi connectivity index (χ4n) is 7.73. The SMILES string of the molecule is COC1=C[C@H]2c3ccccc3[C@]1(C(=O)N1CCCCC1)C1c3ccccc3C2(C#N)c2ccccc21. The van der Waals surface area contributed by atoms with Gasteiger partial charge in [0.2, 0.25) is 5.91 Å². The van der Waals surface area contributed by atoms with E-state index in [0.717, 1.165) is 65.7 Å². The Morgan fingerprint density at radius 3 is 2.00 bits per heavy atom. The van der Waals surface area contributed by atoms with E-state index in [1.807, 2.05) is 36.4 Å². The lowest BCUT2D eigenvalue weighted by atomic mass is 9.45. The van der Waals surface area contributed by atoms with Crippen LogP contribution in [0.4, 0.5) is 0 Å². The first-order valence-corrected chi connectivity index (χ1v) is 12.9. The zero-order chi connectivity index (χ0) is 24.5. The normalized spacial score (nSPS) is 29.1. The molecule has 3 aromatic rings. The van der Waals surface area contributed by atoms with Gasteiger partial charge < -0.3 is 9.64 Å². The van der Waals surface area contributed by atoms with Gasteiger partial charge in [-0.2, -0.15) is 5.26 Å². The summed E-state index contributed by atoms with van der Waals surface area (Å²) in [6.07, 6.45) is 5.30. The zero-order valence-corrected chi connectivity index (χ0v) is 20.4. The maximum absolute atomic E-state index is 15.0. The second-order valence-electron chi connectivity index (χ2n) is 10.5. The van der Waals surface area contributed by atoms with Crippen LogP contribution in [-0.4, -0.2) is 31.0 Å². The first-order chi connectivity index (χ1) is 17.7. The van der Waals surface area contributed by atoms with Gasteiger partial charge in [0.1, 0.15) is 16.6 Å². The van der Waals surface area contributed by atoms with Gasteiger partial charge in [0, 0.05) is 24.9 Å². The number of ether oxygens (including phenoxy) is 1. The third-order valence-corrected chi connectivity index (χ3v) is 9.10. The minimum atomic E-state index is -1.03. The van der Waals surface area contributed by atoms with Crippen LogP contribution in [0.2, 0.25) is 0 Å². The smallest absolute Gasteiger partial charge is 0.241 e. The molecule has 1 saturated heterocycles. The van der Waals surface area contributed by atoms with E-state index in [2.05, 4.69) is 53.4 Å². The number of allylic oxidation sites excluding steroid dienone is 1. The van der Waals surface area contributed by atoms with Gasteiger partial charge >= 0.3 is 0 Å². The zero-order valence-electron chi connectivity index (χ0n) is 20.4. The summed E-state index contributed by atoms with van der Waals surface area (Å²) in [6, 6.07) is 27.7. The molecule has 4 aliphatic carbocycles.